The van der Waals surface area contributed by atoms with Gasteiger partial charge in [0, 0.05) is 0 Å². The third-order valence-electron chi connectivity index (χ3n) is 3.43. The van der Waals surface area contributed by atoms with Gasteiger partial charge >= 0.3 is 0 Å². The van der Waals surface area contributed by atoms with Crippen LogP contribution < -0.4 is 5.32 Å². The van der Waals surface area contributed by atoms with E-state index in [0.29, 0.717) is 0 Å². The Balaban J connectivity index is 2.03. The van der Waals surface area contributed by atoms with Gasteiger partial charge in [-0.3, -0.25) is 0 Å². The monoisotopic (exact) mass is 223 g/mol. The summed E-state index contributed by atoms with van der Waals surface area (Å²) in [5.74, 6) is 2.58. The van der Waals surface area contributed by atoms with Gasteiger partial charge in [-0.25, -0.2) is 0 Å². The van der Waals surface area contributed by atoms with Crippen LogP contribution in [0.25, 0.3) is 0 Å². The molecule has 0 bridgehead atoms. The first-order chi connectivity index (χ1) is 7.68. The Morgan fingerprint density at radius 1 is 1.31 bits per heavy atom. The first kappa shape index (κ1) is 13.8. The van der Waals surface area contributed by atoms with Gasteiger partial charge in [0.25, 0.3) is 0 Å². The lowest BCUT2D eigenvalue weighted by Gasteiger charge is -2.24. The molecular formula is C15H29N. The van der Waals surface area contributed by atoms with Gasteiger partial charge in [-0.15, -0.1) is 0 Å². The molecule has 0 aliphatic heterocycles. The van der Waals surface area contributed by atoms with Crippen LogP contribution in [0, 0.1) is 17.8 Å². The maximum absolute atomic E-state index is 3.48. The second kappa shape index (κ2) is 7.89. The molecule has 1 saturated carbocycles. The molecule has 1 rings (SSSR count). The fourth-order valence-corrected chi connectivity index (χ4v) is 2.52. The second-order valence-electron chi connectivity index (χ2n) is 5.85. The average Bonchev–Trinajstić information content (AvgIpc) is 2.23. The van der Waals surface area contributed by atoms with Gasteiger partial charge in [0.2, 0.25) is 0 Å². The van der Waals surface area contributed by atoms with Crippen molar-refractivity contribution in [1.29, 1.82) is 0 Å². The molecule has 2 atom stereocenters. The van der Waals surface area contributed by atoms with Crippen molar-refractivity contribution in [2.24, 2.45) is 17.8 Å². The van der Waals surface area contributed by atoms with E-state index in [9.17, 15) is 0 Å². The van der Waals surface area contributed by atoms with E-state index in [1.165, 1.54) is 32.1 Å². The molecule has 0 aromatic heterocycles. The zero-order chi connectivity index (χ0) is 11.8. The molecule has 1 N–H and O–H groups in total. The molecule has 2 unspecified atom stereocenters. The van der Waals surface area contributed by atoms with E-state index in [4.69, 9.17) is 0 Å². The number of hydrogen-bond acceptors (Lipinski definition) is 1. The minimum Gasteiger partial charge on any atom is -0.316 e. The third-order valence-corrected chi connectivity index (χ3v) is 3.43. The molecule has 16 heavy (non-hydrogen) atoms. The quantitative estimate of drug-likeness (QED) is 0.530. The number of rotatable bonds is 6. The molecule has 0 radical (unpaired) electrons. The molecule has 1 heteroatoms. The van der Waals surface area contributed by atoms with Gasteiger partial charge in [-0.2, -0.15) is 0 Å². The Bertz CT molecular complexity index is 196. The Morgan fingerprint density at radius 3 is 2.81 bits per heavy atom. The SMILES string of the molecule is CC(C)CNCCC=CC1CCCC(C)C1. The van der Waals surface area contributed by atoms with Crippen molar-refractivity contribution in [3.05, 3.63) is 12.2 Å². The lowest BCUT2D eigenvalue weighted by molar-refractivity contribution is 0.325. The summed E-state index contributed by atoms with van der Waals surface area (Å²) in [7, 11) is 0. The largest absolute Gasteiger partial charge is 0.316 e. The number of allylic oxidation sites excluding steroid dienone is 1. The van der Waals surface area contributed by atoms with Crippen LogP contribution >= 0.6 is 0 Å². The number of nitrogens with one attached hydrogen (secondary N) is 1. The minimum atomic E-state index is 0.767. The summed E-state index contributed by atoms with van der Waals surface area (Å²) in [6, 6.07) is 0. The molecule has 1 fully saturated rings. The molecule has 0 aromatic rings. The second-order valence-corrected chi connectivity index (χ2v) is 5.85. The maximum atomic E-state index is 3.48. The van der Waals surface area contributed by atoms with Crippen molar-refractivity contribution >= 4 is 0 Å². The van der Waals surface area contributed by atoms with Crippen LogP contribution in [0.15, 0.2) is 12.2 Å². The Kier molecular flexibility index (Phi) is 6.79. The highest BCUT2D eigenvalue weighted by Gasteiger charge is 2.15. The van der Waals surface area contributed by atoms with Crippen LogP contribution in [-0.2, 0) is 0 Å². The van der Waals surface area contributed by atoms with Crippen LogP contribution in [0.5, 0.6) is 0 Å². The van der Waals surface area contributed by atoms with Crippen LogP contribution in [0.3, 0.4) is 0 Å². The zero-order valence-corrected chi connectivity index (χ0v) is 11.3. The first-order valence-corrected chi connectivity index (χ1v) is 7.06. The highest BCUT2D eigenvalue weighted by atomic mass is 14.8. The van der Waals surface area contributed by atoms with Gasteiger partial charge < -0.3 is 5.32 Å². The van der Waals surface area contributed by atoms with Crippen molar-refractivity contribution in [3.63, 3.8) is 0 Å². The fourth-order valence-electron chi connectivity index (χ4n) is 2.52. The van der Waals surface area contributed by atoms with E-state index in [1.807, 2.05) is 0 Å². The summed E-state index contributed by atoms with van der Waals surface area (Å²) in [5.41, 5.74) is 0. The molecule has 0 aromatic carbocycles. The minimum absolute atomic E-state index is 0.767. The lowest BCUT2D eigenvalue weighted by Crippen LogP contribution is -2.20. The van der Waals surface area contributed by atoms with E-state index >= 15 is 0 Å². The molecule has 1 aliphatic rings. The summed E-state index contributed by atoms with van der Waals surface area (Å²) in [5, 5.41) is 3.48. The molecule has 1 nitrogen and oxygen atoms in total. The molecule has 0 spiro atoms. The van der Waals surface area contributed by atoms with E-state index in [-0.39, 0.29) is 0 Å². The van der Waals surface area contributed by atoms with E-state index in [0.717, 1.165) is 30.8 Å². The Hall–Kier alpha value is -0.300. The van der Waals surface area contributed by atoms with Gasteiger partial charge in [0.15, 0.2) is 0 Å². The first-order valence-electron chi connectivity index (χ1n) is 7.06. The maximum Gasteiger partial charge on any atom is -0.00142 e. The fraction of sp³-hybridized carbons (Fsp3) is 0.867. The highest BCUT2D eigenvalue weighted by molar-refractivity contribution is 4.91. The van der Waals surface area contributed by atoms with Gasteiger partial charge in [-0.05, 0) is 50.1 Å². The lowest BCUT2D eigenvalue weighted by atomic mass is 9.82. The predicted octanol–water partition coefficient (Wildman–Crippen LogP) is 4.00. The topological polar surface area (TPSA) is 12.0 Å². The van der Waals surface area contributed by atoms with Gasteiger partial charge in [0.05, 0.1) is 0 Å². The van der Waals surface area contributed by atoms with E-state index in [1.54, 1.807) is 0 Å². The van der Waals surface area contributed by atoms with Crippen molar-refractivity contribution in [1.82, 2.24) is 5.32 Å². The summed E-state index contributed by atoms with van der Waals surface area (Å²) in [6.07, 6.45) is 11.7. The molecule has 1 aliphatic carbocycles. The van der Waals surface area contributed by atoms with Crippen molar-refractivity contribution < 1.29 is 0 Å². The summed E-state index contributed by atoms with van der Waals surface area (Å²) >= 11 is 0. The van der Waals surface area contributed by atoms with Gasteiger partial charge in [0.1, 0.15) is 0 Å². The van der Waals surface area contributed by atoms with Crippen molar-refractivity contribution in [2.75, 3.05) is 13.1 Å². The molecule has 94 valence electrons. The highest BCUT2D eigenvalue weighted by Crippen LogP contribution is 2.29. The summed E-state index contributed by atoms with van der Waals surface area (Å²) < 4.78 is 0. The molecular weight excluding hydrogens is 194 g/mol. The number of hydrogen-bond donors (Lipinski definition) is 1. The zero-order valence-electron chi connectivity index (χ0n) is 11.3. The van der Waals surface area contributed by atoms with Crippen LogP contribution in [0.1, 0.15) is 52.9 Å². The molecule has 0 amide bonds. The van der Waals surface area contributed by atoms with Crippen molar-refractivity contribution in [2.45, 2.75) is 52.9 Å². The normalized spacial score (nSPS) is 26.8. The van der Waals surface area contributed by atoms with Crippen LogP contribution in [0.2, 0.25) is 0 Å². The van der Waals surface area contributed by atoms with E-state index < -0.39 is 0 Å². The predicted molar refractivity (Wildman–Crippen MR) is 72.6 cm³/mol. The Morgan fingerprint density at radius 2 is 2.12 bits per heavy atom. The Labute approximate surface area is 102 Å². The average molecular weight is 223 g/mol. The third kappa shape index (κ3) is 6.32. The van der Waals surface area contributed by atoms with Crippen molar-refractivity contribution in [3.8, 4) is 0 Å². The molecule has 0 saturated heterocycles. The molecule has 0 heterocycles. The summed E-state index contributed by atoms with van der Waals surface area (Å²) in [4.78, 5) is 0. The van der Waals surface area contributed by atoms with E-state index in [2.05, 4.69) is 38.2 Å². The summed E-state index contributed by atoms with van der Waals surface area (Å²) in [6.45, 7) is 9.19. The van der Waals surface area contributed by atoms with Crippen LogP contribution in [0.4, 0.5) is 0 Å². The standard InChI is InChI=1S/C15H29N/c1-13(2)12-16-10-5-4-8-15-9-6-7-14(3)11-15/h4,8,13-16H,5-7,9-12H2,1-3H3. The van der Waals surface area contributed by atoms with Crippen LogP contribution in [-0.4, -0.2) is 13.1 Å². The van der Waals surface area contributed by atoms with Gasteiger partial charge in [-0.1, -0.05) is 45.8 Å². The smallest absolute Gasteiger partial charge is 0.00142 e.